The third-order valence-electron chi connectivity index (χ3n) is 2.92. The molecule has 3 N–H and O–H groups in total. The van der Waals surface area contributed by atoms with Crippen LogP contribution in [0.25, 0.3) is 0 Å². The summed E-state index contributed by atoms with van der Waals surface area (Å²) in [6, 6.07) is 9.10. The van der Waals surface area contributed by atoms with Gasteiger partial charge in [0.1, 0.15) is 11.6 Å². The van der Waals surface area contributed by atoms with Gasteiger partial charge in [0.2, 0.25) is 0 Å². The van der Waals surface area contributed by atoms with Crippen molar-refractivity contribution in [3.8, 4) is 5.75 Å². The summed E-state index contributed by atoms with van der Waals surface area (Å²) in [5.41, 5.74) is 7.23. The second-order valence-corrected chi connectivity index (χ2v) is 4.37. The molecule has 0 saturated carbocycles. The maximum absolute atomic E-state index is 13.6. The first-order chi connectivity index (χ1) is 9.51. The second kappa shape index (κ2) is 5.61. The third-order valence-corrected chi connectivity index (χ3v) is 2.92. The molecule has 0 radical (unpaired) electrons. The fraction of sp³-hybridized carbons (Fsp3) is 0.133. The van der Waals surface area contributed by atoms with Gasteiger partial charge in [-0.25, -0.2) is 4.39 Å². The molecule has 4 nitrogen and oxygen atoms in total. The number of rotatable bonds is 3. The standard InChI is InChI=1S/C15H15FN2O2/c1-9-7-11(20-2)4-6-14(9)18-15(19)12-8-10(17)3-5-13(12)16/h3-8H,17H2,1-2H3,(H,18,19). The molecule has 0 aliphatic heterocycles. The summed E-state index contributed by atoms with van der Waals surface area (Å²) < 4.78 is 18.7. The van der Waals surface area contributed by atoms with Crippen LogP contribution in [0.3, 0.4) is 0 Å². The van der Waals surface area contributed by atoms with Crippen molar-refractivity contribution in [3.63, 3.8) is 0 Å². The van der Waals surface area contributed by atoms with Crippen molar-refractivity contribution in [2.24, 2.45) is 0 Å². The Morgan fingerprint density at radius 3 is 2.65 bits per heavy atom. The molecule has 0 aromatic heterocycles. The molecule has 0 spiro atoms. The summed E-state index contributed by atoms with van der Waals surface area (Å²) in [7, 11) is 1.56. The van der Waals surface area contributed by atoms with E-state index in [-0.39, 0.29) is 5.56 Å². The molecule has 2 aromatic rings. The molecule has 1 amide bonds. The van der Waals surface area contributed by atoms with E-state index in [9.17, 15) is 9.18 Å². The quantitative estimate of drug-likeness (QED) is 0.846. The molecule has 0 unspecified atom stereocenters. The minimum atomic E-state index is -0.608. The van der Waals surface area contributed by atoms with Crippen LogP contribution in [0.15, 0.2) is 36.4 Å². The number of hydrogen-bond donors (Lipinski definition) is 2. The number of nitrogen functional groups attached to an aromatic ring is 1. The predicted molar refractivity (Wildman–Crippen MR) is 76.5 cm³/mol. The summed E-state index contributed by atoms with van der Waals surface area (Å²) in [6.07, 6.45) is 0. The zero-order chi connectivity index (χ0) is 14.7. The number of nitrogens with one attached hydrogen (secondary N) is 1. The molecule has 0 fully saturated rings. The number of nitrogens with two attached hydrogens (primary N) is 1. The van der Waals surface area contributed by atoms with E-state index in [0.29, 0.717) is 17.1 Å². The number of benzene rings is 2. The van der Waals surface area contributed by atoms with E-state index in [1.54, 1.807) is 25.3 Å². The minimum absolute atomic E-state index is 0.0831. The molecule has 20 heavy (non-hydrogen) atoms. The summed E-state index contributed by atoms with van der Waals surface area (Å²) in [5, 5.41) is 2.66. The summed E-state index contributed by atoms with van der Waals surface area (Å²) in [4.78, 5) is 12.1. The first-order valence-corrected chi connectivity index (χ1v) is 6.02. The van der Waals surface area contributed by atoms with Crippen LogP contribution in [0.5, 0.6) is 5.75 Å². The van der Waals surface area contributed by atoms with Crippen LogP contribution in [-0.2, 0) is 0 Å². The van der Waals surface area contributed by atoms with Crippen molar-refractivity contribution in [3.05, 3.63) is 53.3 Å². The number of hydrogen-bond acceptors (Lipinski definition) is 3. The Morgan fingerprint density at radius 2 is 2.00 bits per heavy atom. The van der Waals surface area contributed by atoms with Crippen molar-refractivity contribution in [2.45, 2.75) is 6.92 Å². The Hall–Kier alpha value is -2.56. The van der Waals surface area contributed by atoms with Gasteiger partial charge in [-0.3, -0.25) is 4.79 Å². The number of methoxy groups -OCH3 is 1. The highest BCUT2D eigenvalue weighted by Gasteiger charge is 2.13. The van der Waals surface area contributed by atoms with Crippen LogP contribution in [0.4, 0.5) is 15.8 Å². The largest absolute Gasteiger partial charge is 0.497 e. The van der Waals surface area contributed by atoms with Crippen molar-refractivity contribution in [1.82, 2.24) is 0 Å². The molecule has 0 aliphatic rings. The van der Waals surface area contributed by atoms with Gasteiger partial charge in [-0.05, 0) is 48.9 Å². The molecule has 0 bridgehead atoms. The number of carbonyl (C=O) groups is 1. The average Bonchev–Trinajstić information content (AvgIpc) is 2.43. The maximum Gasteiger partial charge on any atom is 0.258 e. The van der Waals surface area contributed by atoms with Crippen LogP contribution in [0, 0.1) is 12.7 Å². The molecule has 5 heteroatoms. The van der Waals surface area contributed by atoms with Gasteiger partial charge in [-0.2, -0.15) is 0 Å². The molecular weight excluding hydrogens is 259 g/mol. The smallest absolute Gasteiger partial charge is 0.258 e. The Labute approximate surface area is 116 Å². The predicted octanol–water partition coefficient (Wildman–Crippen LogP) is 2.98. The molecule has 104 valence electrons. The first-order valence-electron chi connectivity index (χ1n) is 6.02. The number of aryl methyl sites for hydroxylation is 1. The first kappa shape index (κ1) is 13.9. The molecule has 2 aromatic carbocycles. The van der Waals surface area contributed by atoms with Crippen molar-refractivity contribution < 1.29 is 13.9 Å². The number of amides is 1. The maximum atomic E-state index is 13.6. The molecule has 0 atom stereocenters. The van der Waals surface area contributed by atoms with E-state index < -0.39 is 11.7 Å². The second-order valence-electron chi connectivity index (χ2n) is 4.37. The van der Waals surface area contributed by atoms with Crippen LogP contribution in [-0.4, -0.2) is 13.0 Å². The Kier molecular flexibility index (Phi) is 3.89. The molecule has 0 aliphatic carbocycles. The number of anilines is 2. The molecule has 0 saturated heterocycles. The van der Waals surface area contributed by atoms with Gasteiger partial charge in [-0.15, -0.1) is 0 Å². The lowest BCUT2D eigenvalue weighted by atomic mass is 10.1. The van der Waals surface area contributed by atoms with E-state index in [4.69, 9.17) is 10.5 Å². The van der Waals surface area contributed by atoms with E-state index >= 15 is 0 Å². The van der Waals surface area contributed by atoms with E-state index in [1.165, 1.54) is 18.2 Å². The van der Waals surface area contributed by atoms with Gasteiger partial charge < -0.3 is 15.8 Å². The average molecular weight is 274 g/mol. The lowest BCUT2D eigenvalue weighted by molar-refractivity contribution is 0.102. The fourth-order valence-corrected chi connectivity index (χ4v) is 1.81. The third kappa shape index (κ3) is 2.88. The van der Waals surface area contributed by atoms with E-state index in [0.717, 1.165) is 5.56 Å². The van der Waals surface area contributed by atoms with E-state index in [2.05, 4.69) is 5.32 Å². The number of ether oxygens (including phenoxy) is 1. The number of halogens is 1. The highest BCUT2D eigenvalue weighted by molar-refractivity contribution is 6.05. The van der Waals surface area contributed by atoms with Gasteiger partial charge in [0.15, 0.2) is 0 Å². The summed E-state index contributed by atoms with van der Waals surface area (Å²) >= 11 is 0. The van der Waals surface area contributed by atoms with Gasteiger partial charge in [0.25, 0.3) is 5.91 Å². The minimum Gasteiger partial charge on any atom is -0.497 e. The Morgan fingerprint density at radius 1 is 1.25 bits per heavy atom. The Bertz CT molecular complexity index is 656. The molecule has 0 heterocycles. The van der Waals surface area contributed by atoms with Crippen LogP contribution >= 0.6 is 0 Å². The van der Waals surface area contributed by atoms with Crippen molar-refractivity contribution in [2.75, 3.05) is 18.2 Å². The van der Waals surface area contributed by atoms with Crippen molar-refractivity contribution in [1.29, 1.82) is 0 Å². The Balaban J connectivity index is 2.25. The zero-order valence-electron chi connectivity index (χ0n) is 11.2. The molecule has 2 rings (SSSR count). The van der Waals surface area contributed by atoms with Gasteiger partial charge in [0.05, 0.1) is 12.7 Å². The highest BCUT2D eigenvalue weighted by atomic mass is 19.1. The lowest BCUT2D eigenvalue weighted by Crippen LogP contribution is -2.15. The van der Waals surface area contributed by atoms with Crippen LogP contribution < -0.4 is 15.8 Å². The van der Waals surface area contributed by atoms with Gasteiger partial charge in [0, 0.05) is 11.4 Å². The number of carbonyl (C=O) groups excluding carboxylic acids is 1. The SMILES string of the molecule is COc1ccc(NC(=O)c2cc(N)ccc2F)c(C)c1. The van der Waals surface area contributed by atoms with Crippen molar-refractivity contribution >= 4 is 17.3 Å². The van der Waals surface area contributed by atoms with Crippen LogP contribution in [0.2, 0.25) is 0 Å². The lowest BCUT2D eigenvalue weighted by Gasteiger charge is -2.10. The summed E-state index contributed by atoms with van der Waals surface area (Å²) in [6.45, 7) is 1.83. The zero-order valence-corrected chi connectivity index (χ0v) is 11.2. The summed E-state index contributed by atoms with van der Waals surface area (Å²) in [5.74, 6) is -0.457. The van der Waals surface area contributed by atoms with E-state index in [1.807, 2.05) is 6.92 Å². The normalized spacial score (nSPS) is 10.2. The molecular formula is C15H15FN2O2. The fourth-order valence-electron chi connectivity index (χ4n) is 1.81. The van der Waals surface area contributed by atoms with Crippen LogP contribution in [0.1, 0.15) is 15.9 Å². The van der Waals surface area contributed by atoms with Gasteiger partial charge in [-0.1, -0.05) is 0 Å². The monoisotopic (exact) mass is 274 g/mol. The topological polar surface area (TPSA) is 64.3 Å². The highest BCUT2D eigenvalue weighted by Crippen LogP contribution is 2.22. The van der Waals surface area contributed by atoms with Gasteiger partial charge >= 0.3 is 0 Å².